The molecule has 14 unspecified atom stereocenters. The molecule has 0 N–H and O–H groups in total. The van der Waals surface area contributed by atoms with Crippen LogP contribution in [0.4, 0.5) is 0 Å². The first kappa shape index (κ1) is 50.2. The van der Waals surface area contributed by atoms with Crippen molar-refractivity contribution in [3.05, 3.63) is 0 Å². The van der Waals surface area contributed by atoms with Crippen molar-refractivity contribution < 1.29 is 4.74 Å². The molecule has 2 aliphatic heterocycles. The molecule has 72 heavy (non-hydrogen) atoms. The van der Waals surface area contributed by atoms with E-state index in [2.05, 4.69) is 25.7 Å². The van der Waals surface area contributed by atoms with Crippen molar-refractivity contribution in [2.45, 2.75) is 325 Å². The quantitative estimate of drug-likeness (QED) is 0.236. The highest BCUT2D eigenvalue weighted by Gasteiger charge is 2.66. The predicted molar refractivity (Wildman–Crippen MR) is 302 cm³/mol. The molecule has 12 aliphatic carbocycles. The highest BCUT2D eigenvalue weighted by Crippen LogP contribution is 2.68. The highest BCUT2D eigenvalue weighted by molar-refractivity contribution is 6.65. The highest BCUT2D eigenvalue weighted by atomic mass is 16.5. The molecule has 14 rings (SSSR count). The first-order valence-corrected chi connectivity index (χ1v) is 34.7. The third kappa shape index (κ3) is 9.42. The van der Waals surface area contributed by atoms with Gasteiger partial charge >= 0.3 is 0 Å². The van der Waals surface area contributed by atoms with Crippen LogP contribution < -0.4 is 0 Å². The Hall–Kier alpha value is -0.0151. The second-order valence-electron chi connectivity index (χ2n) is 32.6. The smallest absolute Gasteiger partial charge is 0.159 e. The maximum absolute atomic E-state index is 8.14. The summed E-state index contributed by atoms with van der Waals surface area (Å²) in [5, 5.41) is 0. The molecule has 0 bridgehead atoms. The average molecular weight is 984 g/mol. The normalized spacial score (nSPS) is 50.0. The van der Waals surface area contributed by atoms with Gasteiger partial charge in [-0.05, 0) is 220 Å². The fraction of sp³-hybridized carbons (Fsp3) is 1.00. The van der Waals surface area contributed by atoms with Gasteiger partial charge in [0.2, 0.25) is 0 Å². The van der Waals surface area contributed by atoms with Gasteiger partial charge < -0.3 is 4.74 Å². The van der Waals surface area contributed by atoms with Crippen molar-refractivity contribution >= 4 is 6.71 Å². The Labute approximate surface area is 445 Å². The topological polar surface area (TPSA) is 12.5 Å². The van der Waals surface area contributed by atoms with E-state index >= 15 is 0 Å². The zero-order valence-corrected chi connectivity index (χ0v) is 47.7. The molecule has 14 fully saturated rings. The van der Waals surface area contributed by atoms with Gasteiger partial charge in [-0.2, -0.15) is 0 Å². The summed E-state index contributed by atoms with van der Waals surface area (Å²) in [7, 11) is 0. The number of hydrogen-bond acceptors (Lipinski definition) is 2. The lowest BCUT2D eigenvalue weighted by Crippen LogP contribution is -2.72. The monoisotopic (exact) mass is 984 g/mol. The molecule has 12 saturated carbocycles. The van der Waals surface area contributed by atoms with Crippen LogP contribution in [0.3, 0.4) is 0 Å². The number of ether oxygens (including phenoxy) is 1. The summed E-state index contributed by atoms with van der Waals surface area (Å²) >= 11 is 0. The van der Waals surface area contributed by atoms with Gasteiger partial charge in [-0.1, -0.05) is 181 Å². The second-order valence-corrected chi connectivity index (χ2v) is 32.6. The average Bonchev–Trinajstić information content (AvgIpc) is 3.42. The Balaban J connectivity index is 0.852. The van der Waals surface area contributed by atoms with Crippen molar-refractivity contribution in [3.63, 3.8) is 0 Å². The van der Waals surface area contributed by atoms with E-state index in [-0.39, 0.29) is 0 Å². The Morgan fingerprint density at radius 1 is 0.361 bits per heavy atom. The van der Waals surface area contributed by atoms with Gasteiger partial charge in [0.25, 0.3) is 0 Å². The standard InChI is InChI=1S/C69H114BNO/c1-69(2,3)43-44-37-62-67-64(38-44)72-63-36-32-53(55-33-29-51-28-27-49-25-16-26-50-30-34-56(55)66(51)65(49)50)42-60(63)70(67)59-41-52(45-17-8-4-9-18-45)31-35-61(59)71(62)68-57(47-21-12-6-13-22-47)39-54(46-19-10-5-11-20-46)40-58(68)48-23-14-7-15-24-48/h44-68H,4-43H2,1-3H3/t44?,49?,50?,51-,52?,53+,54?,55?,56+,57?,58?,59?,60?,61?,62?,63-,64?,65+,66?,67?,68?/m1/s1. The molecule has 0 amide bonds. The van der Waals surface area contributed by atoms with Crippen molar-refractivity contribution in [1.29, 1.82) is 0 Å². The minimum Gasteiger partial charge on any atom is -0.376 e. The van der Waals surface area contributed by atoms with Crippen molar-refractivity contribution in [2.24, 2.45) is 106 Å². The van der Waals surface area contributed by atoms with Crippen LogP contribution in [0.15, 0.2) is 0 Å². The lowest BCUT2D eigenvalue weighted by Gasteiger charge is -2.69. The summed E-state index contributed by atoms with van der Waals surface area (Å²) in [6.07, 6.45) is 63.6. The number of hydrogen-bond donors (Lipinski definition) is 0. The molecule has 14 aliphatic rings. The molecular weight excluding hydrogens is 870 g/mol. The minimum absolute atomic E-state index is 0.397. The SMILES string of the molecule is CC(C)(C)CC1CC2O[C@@H]3CC[C@H](C4CC[C@H]5CCC6CCCC7CC[C@@H]4C5[C@@H]67)CC3B3C4CC(C5CCCCC5)CCC4N(C4C(C5CCCCC5)CC(C5CCCCC5)CC4C4CCCCC4)C(C1)C32. The second kappa shape index (κ2) is 21.2. The van der Waals surface area contributed by atoms with Crippen molar-refractivity contribution in [2.75, 3.05) is 0 Å². The molecular formula is C69H114BNO. The van der Waals surface area contributed by atoms with Gasteiger partial charge in [0.1, 0.15) is 0 Å². The van der Waals surface area contributed by atoms with E-state index in [0.717, 1.165) is 143 Å². The third-order valence-corrected chi connectivity index (χ3v) is 28.3. The molecule has 2 saturated heterocycles. The van der Waals surface area contributed by atoms with E-state index in [4.69, 9.17) is 4.74 Å². The van der Waals surface area contributed by atoms with Gasteiger partial charge in [0.15, 0.2) is 6.71 Å². The Morgan fingerprint density at radius 3 is 1.50 bits per heavy atom. The summed E-state index contributed by atoms with van der Waals surface area (Å²) in [6, 6.07) is 2.53. The van der Waals surface area contributed by atoms with Crippen LogP contribution in [0.2, 0.25) is 17.5 Å². The zero-order chi connectivity index (χ0) is 48.1. The molecule has 404 valence electrons. The third-order valence-electron chi connectivity index (χ3n) is 28.3. The van der Waals surface area contributed by atoms with Crippen LogP contribution in [0.25, 0.3) is 0 Å². The van der Waals surface area contributed by atoms with Crippen LogP contribution >= 0.6 is 0 Å². The van der Waals surface area contributed by atoms with Gasteiger partial charge in [-0.25, -0.2) is 0 Å². The largest absolute Gasteiger partial charge is 0.376 e. The predicted octanol–water partition coefficient (Wildman–Crippen LogP) is 19.1. The summed E-state index contributed by atoms with van der Waals surface area (Å²) in [4.78, 5) is 3.74. The van der Waals surface area contributed by atoms with E-state index in [0.29, 0.717) is 17.6 Å². The number of rotatable bonds is 7. The van der Waals surface area contributed by atoms with E-state index in [1.807, 2.05) is 0 Å². The van der Waals surface area contributed by atoms with Crippen LogP contribution in [0.5, 0.6) is 0 Å². The van der Waals surface area contributed by atoms with Gasteiger partial charge in [0, 0.05) is 18.1 Å². The molecule has 0 aromatic rings. The molecule has 2 heterocycles. The van der Waals surface area contributed by atoms with Crippen LogP contribution in [-0.4, -0.2) is 41.9 Å². The van der Waals surface area contributed by atoms with Crippen molar-refractivity contribution in [3.8, 4) is 0 Å². The Morgan fingerprint density at radius 2 is 0.875 bits per heavy atom. The van der Waals surface area contributed by atoms with Crippen molar-refractivity contribution in [1.82, 2.24) is 4.90 Å². The van der Waals surface area contributed by atoms with E-state index in [1.165, 1.54) is 96.3 Å². The molecule has 19 atom stereocenters. The first-order valence-electron chi connectivity index (χ1n) is 34.7. The summed E-state index contributed by atoms with van der Waals surface area (Å²) < 4.78 is 8.14. The zero-order valence-electron chi connectivity index (χ0n) is 47.7. The Kier molecular flexibility index (Phi) is 14.8. The molecule has 3 heteroatoms. The van der Waals surface area contributed by atoms with Crippen LogP contribution in [-0.2, 0) is 4.74 Å². The molecule has 0 aromatic carbocycles. The summed E-state index contributed by atoms with van der Waals surface area (Å²) in [5.41, 5.74) is 0.397. The maximum atomic E-state index is 8.14. The molecule has 0 aromatic heterocycles. The minimum atomic E-state index is 0.397. The molecule has 0 radical (unpaired) electrons. The van der Waals surface area contributed by atoms with Crippen LogP contribution in [0.1, 0.15) is 278 Å². The van der Waals surface area contributed by atoms with E-state index in [1.54, 1.807) is 161 Å². The fourth-order valence-corrected chi connectivity index (χ4v) is 26.2. The fourth-order valence-electron chi connectivity index (χ4n) is 26.2. The lowest BCUT2D eigenvalue weighted by atomic mass is 9.18. The maximum Gasteiger partial charge on any atom is 0.159 e. The number of fused-ring (bicyclic) bond motifs is 4. The molecule has 2 nitrogen and oxygen atoms in total. The van der Waals surface area contributed by atoms with Gasteiger partial charge in [-0.15, -0.1) is 0 Å². The van der Waals surface area contributed by atoms with E-state index < -0.39 is 0 Å². The number of nitrogens with zero attached hydrogens (tertiary/aromatic N) is 1. The van der Waals surface area contributed by atoms with Gasteiger partial charge in [0.05, 0.1) is 12.2 Å². The Bertz CT molecular complexity index is 1750. The summed E-state index contributed by atoms with van der Waals surface area (Å²) in [6.45, 7) is 8.77. The first-order chi connectivity index (χ1) is 35.3. The van der Waals surface area contributed by atoms with E-state index in [9.17, 15) is 0 Å². The molecule has 0 spiro atoms. The van der Waals surface area contributed by atoms with Gasteiger partial charge in [-0.3, -0.25) is 4.90 Å². The summed E-state index contributed by atoms with van der Waals surface area (Å²) in [5.74, 6) is 20.3. The lowest BCUT2D eigenvalue weighted by molar-refractivity contribution is -0.147. The van der Waals surface area contributed by atoms with Crippen LogP contribution in [0, 0.1) is 106 Å².